The normalized spacial score (nSPS) is 11.3. The fourth-order valence-corrected chi connectivity index (χ4v) is 5.38. The highest BCUT2D eigenvalue weighted by Crippen LogP contribution is 2.31. The number of halogens is 1. The molecule has 1 heterocycles. The molecule has 3 rings (SSSR count). The molecule has 1 aromatic heterocycles. The monoisotopic (exact) mass is 381 g/mol. The number of fused-ring (bicyclic) bond motifs is 1. The maximum Gasteiger partial charge on any atom is 0.264 e. The van der Waals surface area contributed by atoms with Gasteiger partial charge in [0.15, 0.2) is 5.13 Å². The van der Waals surface area contributed by atoms with Crippen molar-refractivity contribution in [1.29, 1.82) is 0 Å². The molecule has 0 spiro atoms. The Hall–Kier alpha value is -1.63. The van der Waals surface area contributed by atoms with E-state index in [1.165, 1.54) is 11.3 Å². The van der Waals surface area contributed by atoms with Crippen LogP contribution in [0.25, 0.3) is 10.2 Å². The first-order valence-corrected chi connectivity index (χ1v) is 9.55. The molecule has 0 saturated heterocycles. The number of nitrogens with zero attached hydrogens (tertiary/aromatic N) is 1. The van der Waals surface area contributed by atoms with Crippen molar-refractivity contribution in [2.45, 2.75) is 32.6 Å². The molecule has 0 aliphatic heterocycles. The smallest absolute Gasteiger partial charge is 0.264 e. The van der Waals surface area contributed by atoms with Crippen LogP contribution in [0.1, 0.15) is 22.3 Å². The zero-order valence-electron chi connectivity index (χ0n) is 13.8. The summed E-state index contributed by atoms with van der Waals surface area (Å²) in [6.07, 6.45) is 0. The molecule has 0 fully saturated rings. The van der Waals surface area contributed by atoms with Crippen LogP contribution in [-0.2, 0) is 10.0 Å². The van der Waals surface area contributed by atoms with Crippen molar-refractivity contribution in [1.82, 2.24) is 4.98 Å². The maximum atomic E-state index is 12.9. The van der Waals surface area contributed by atoms with Crippen LogP contribution in [0, 0.1) is 27.7 Å². The van der Waals surface area contributed by atoms with Crippen LogP contribution >= 0.6 is 11.3 Å². The number of benzene rings is 2. The molecule has 0 bridgehead atoms. The Morgan fingerprint density at radius 3 is 2.17 bits per heavy atom. The quantitative estimate of drug-likeness (QED) is 0.744. The van der Waals surface area contributed by atoms with Crippen molar-refractivity contribution in [3.05, 3.63) is 52.6 Å². The van der Waals surface area contributed by atoms with Gasteiger partial charge in [-0.25, -0.2) is 13.4 Å². The lowest BCUT2D eigenvalue weighted by atomic mass is 10.0. The highest BCUT2D eigenvalue weighted by molar-refractivity contribution is 7.93. The van der Waals surface area contributed by atoms with Crippen LogP contribution in [0.4, 0.5) is 5.13 Å². The minimum Gasteiger partial charge on any atom is -1.00 e. The van der Waals surface area contributed by atoms with E-state index in [1.54, 1.807) is 0 Å². The molecule has 3 aromatic rings. The second-order valence-electron chi connectivity index (χ2n) is 5.68. The molecule has 0 amide bonds. The zero-order chi connectivity index (χ0) is 16.8. The molecule has 0 atom stereocenters. The summed E-state index contributed by atoms with van der Waals surface area (Å²) in [5, 5.41) is 0.393. The van der Waals surface area contributed by atoms with Gasteiger partial charge in [-0.05, 0) is 62.1 Å². The van der Waals surface area contributed by atoms with E-state index in [0.717, 1.165) is 32.5 Å². The standard InChI is InChI=1S/C17H18N2O2S2.ClH/c1-10-9-11(2)13(4)16(12(10)3)23(20,21)19-17-18-14-7-5-6-8-15(14)22-17;/h5-9H,1-4H3,(H,18,19);1H/p-1. The first-order chi connectivity index (χ1) is 10.8. The average Bonchev–Trinajstić information content (AvgIpc) is 2.86. The van der Waals surface area contributed by atoms with Gasteiger partial charge in [0.2, 0.25) is 0 Å². The van der Waals surface area contributed by atoms with Crippen molar-refractivity contribution in [2.24, 2.45) is 0 Å². The van der Waals surface area contributed by atoms with Gasteiger partial charge in [0, 0.05) is 0 Å². The summed E-state index contributed by atoms with van der Waals surface area (Å²) < 4.78 is 29.4. The molecule has 1 N–H and O–H groups in total. The lowest BCUT2D eigenvalue weighted by Gasteiger charge is -2.15. The van der Waals surface area contributed by atoms with Gasteiger partial charge in [-0.15, -0.1) is 0 Å². The first-order valence-electron chi connectivity index (χ1n) is 7.25. The van der Waals surface area contributed by atoms with E-state index >= 15 is 0 Å². The predicted molar refractivity (Wildman–Crippen MR) is 95.8 cm³/mol. The van der Waals surface area contributed by atoms with Crippen molar-refractivity contribution >= 4 is 36.7 Å². The third-order valence-electron chi connectivity index (χ3n) is 4.08. The Morgan fingerprint density at radius 2 is 1.58 bits per heavy atom. The van der Waals surface area contributed by atoms with Gasteiger partial charge < -0.3 is 12.4 Å². The Morgan fingerprint density at radius 1 is 1.00 bits per heavy atom. The third kappa shape index (κ3) is 3.27. The van der Waals surface area contributed by atoms with Crippen LogP contribution in [-0.4, -0.2) is 13.4 Å². The van der Waals surface area contributed by atoms with Gasteiger partial charge in [0.05, 0.1) is 15.1 Å². The number of hydrogen-bond acceptors (Lipinski definition) is 4. The van der Waals surface area contributed by atoms with Gasteiger partial charge in [0.1, 0.15) is 0 Å². The summed E-state index contributed by atoms with van der Waals surface area (Å²) in [6.45, 7) is 7.54. The lowest BCUT2D eigenvalue weighted by Crippen LogP contribution is -3.00. The highest BCUT2D eigenvalue weighted by Gasteiger charge is 2.23. The Kier molecular flexibility index (Phi) is 5.22. The van der Waals surface area contributed by atoms with Crippen molar-refractivity contribution in [3.8, 4) is 0 Å². The molecule has 0 aliphatic carbocycles. The summed E-state index contributed by atoms with van der Waals surface area (Å²) >= 11 is 1.34. The third-order valence-corrected chi connectivity index (χ3v) is 6.77. The van der Waals surface area contributed by atoms with E-state index < -0.39 is 10.0 Å². The summed E-state index contributed by atoms with van der Waals surface area (Å²) in [5.74, 6) is 0. The minimum absolute atomic E-state index is 0. The molecule has 2 aromatic carbocycles. The van der Waals surface area contributed by atoms with Crippen LogP contribution in [0.2, 0.25) is 0 Å². The Balaban J connectivity index is 0.00000208. The second kappa shape index (κ2) is 6.70. The summed E-state index contributed by atoms with van der Waals surface area (Å²) in [7, 11) is -3.67. The Bertz CT molecular complexity index is 952. The number of para-hydroxylation sites is 1. The van der Waals surface area contributed by atoms with Gasteiger partial charge >= 0.3 is 0 Å². The molecule has 0 radical (unpaired) electrons. The Labute approximate surface area is 152 Å². The summed E-state index contributed by atoms with van der Waals surface area (Å²) in [5.41, 5.74) is 4.29. The molecule has 0 aliphatic rings. The van der Waals surface area contributed by atoms with Crippen LogP contribution < -0.4 is 17.1 Å². The van der Waals surface area contributed by atoms with Gasteiger partial charge in [-0.1, -0.05) is 29.5 Å². The number of aromatic nitrogens is 1. The molecule has 4 nitrogen and oxygen atoms in total. The second-order valence-corrected chi connectivity index (χ2v) is 8.33. The van der Waals surface area contributed by atoms with Crippen LogP contribution in [0.3, 0.4) is 0 Å². The number of anilines is 1. The van der Waals surface area contributed by atoms with E-state index in [4.69, 9.17) is 0 Å². The fraction of sp³-hybridized carbons (Fsp3) is 0.235. The summed E-state index contributed by atoms with van der Waals surface area (Å²) in [6, 6.07) is 9.62. The van der Waals surface area contributed by atoms with E-state index in [0.29, 0.717) is 10.0 Å². The largest absolute Gasteiger partial charge is 1.00 e. The SMILES string of the molecule is Cc1cc(C)c(C)c(S(=O)(=O)Nc2nc3ccccc3s2)c1C.[Cl-]. The number of thiazole rings is 1. The van der Waals surface area contributed by atoms with Gasteiger partial charge in [-0.2, -0.15) is 0 Å². The van der Waals surface area contributed by atoms with Crippen LogP contribution in [0.5, 0.6) is 0 Å². The van der Waals surface area contributed by atoms with Crippen molar-refractivity contribution in [2.75, 3.05) is 4.72 Å². The number of rotatable bonds is 3. The molecular weight excluding hydrogens is 364 g/mol. The molecule has 24 heavy (non-hydrogen) atoms. The molecule has 0 saturated carbocycles. The molecular formula is C17H18ClN2O2S2-. The number of nitrogens with one attached hydrogen (secondary N) is 1. The first kappa shape index (κ1) is 18.7. The minimum atomic E-state index is -3.67. The number of sulfonamides is 1. The predicted octanol–water partition coefficient (Wildman–Crippen LogP) is 1.33. The topological polar surface area (TPSA) is 59.1 Å². The van der Waals surface area contributed by atoms with Gasteiger partial charge in [0.25, 0.3) is 10.0 Å². The molecule has 0 unspecified atom stereocenters. The number of aryl methyl sites for hydroxylation is 2. The van der Waals surface area contributed by atoms with Gasteiger partial charge in [-0.3, -0.25) is 4.72 Å². The van der Waals surface area contributed by atoms with Crippen molar-refractivity contribution < 1.29 is 20.8 Å². The highest BCUT2D eigenvalue weighted by atomic mass is 35.5. The fourth-order valence-electron chi connectivity index (χ4n) is 2.67. The lowest BCUT2D eigenvalue weighted by molar-refractivity contribution is -0.00000731. The zero-order valence-corrected chi connectivity index (χ0v) is 16.2. The average molecular weight is 382 g/mol. The number of hydrogen-bond donors (Lipinski definition) is 1. The van der Waals surface area contributed by atoms with E-state index in [1.807, 2.05) is 58.0 Å². The van der Waals surface area contributed by atoms with E-state index in [9.17, 15) is 8.42 Å². The van der Waals surface area contributed by atoms with E-state index in [-0.39, 0.29) is 12.4 Å². The molecule has 128 valence electrons. The summed E-state index contributed by atoms with van der Waals surface area (Å²) in [4.78, 5) is 4.71. The molecule has 7 heteroatoms. The van der Waals surface area contributed by atoms with Crippen LogP contribution in [0.15, 0.2) is 35.2 Å². The van der Waals surface area contributed by atoms with Crippen molar-refractivity contribution in [3.63, 3.8) is 0 Å². The maximum absolute atomic E-state index is 12.9. The van der Waals surface area contributed by atoms with E-state index in [2.05, 4.69) is 9.71 Å².